The summed E-state index contributed by atoms with van der Waals surface area (Å²) in [7, 11) is 0. The number of piperidine rings is 1. The predicted octanol–water partition coefficient (Wildman–Crippen LogP) is 1.26. The zero-order chi connectivity index (χ0) is 11.5. The van der Waals surface area contributed by atoms with Gasteiger partial charge in [-0.25, -0.2) is 4.79 Å². The van der Waals surface area contributed by atoms with E-state index in [1.807, 2.05) is 11.8 Å². The molecule has 16 heavy (non-hydrogen) atoms. The SMILES string of the molecule is C#CC1CC2COCC(C1)N2C(=O)OCC. The summed E-state index contributed by atoms with van der Waals surface area (Å²) in [4.78, 5) is 13.6. The van der Waals surface area contributed by atoms with Crippen LogP contribution in [-0.2, 0) is 9.47 Å². The van der Waals surface area contributed by atoms with Gasteiger partial charge in [0.25, 0.3) is 0 Å². The predicted molar refractivity (Wildman–Crippen MR) is 58.8 cm³/mol. The number of hydrogen-bond acceptors (Lipinski definition) is 3. The first kappa shape index (κ1) is 11.3. The summed E-state index contributed by atoms with van der Waals surface area (Å²) in [5.74, 6) is 3.06. The number of nitrogens with zero attached hydrogens (tertiary/aromatic N) is 1. The fourth-order valence-electron chi connectivity index (χ4n) is 2.55. The van der Waals surface area contributed by atoms with Gasteiger partial charge in [-0.2, -0.15) is 0 Å². The molecule has 0 aromatic rings. The van der Waals surface area contributed by atoms with E-state index in [0.717, 1.165) is 12.8 Å². The molecule has 2 saturated heterocycles. The molecule has 1 amide bonds. The Morgan fingerprint density at radius 3 is 2.62 bits per heavy atom. The Labute approximate surface area is 95.9 Å². The van der Waals surface area contributed by atoms with Crippen molar-refractivity contribution in [2.45, 2.75) is 31.8 Å². The second-order valence-corrected chi connectivity index (χ2v) is 4.29. The van der Waals surface area contributed by atoms with E-state index in [9.17, 15) is 4.79 Å². The van der Waals surface area contributed by atoms with Gasteiger partial charge in [-0.3, -0.25) is 4.90 Å². The highest BCUT2D eigenvalue weighted by molar-refractivity contribution is 5.69. The highest BCUT2D eigenvalue weighted by atomic mass is 16.6. The van der Waals surface area contributed by atoms with Gasteiger partial charge in [0.15, 0.2) is 0 Å². The molecule has 2 aliphatic rings. The normalized spacial score (nSPS) is 33.0. The number of rotatable bonds is 1. The van der Waals surface area contributed by atoms with Crippen LogP contribution in [0.1, 0.15) is 19.8 Å². The Morgan fingerprint density at radius 2 is 2.12 bits per heavy atom. The third-order valence-electron chi connectivity index (χ3n) is 3.23. The summed E-state index contributed by atoms with van der Waals surface area (Å²) in [5.41, 5.74) is 0. The van der Waals surface area contributed by atoms with Crippen LogP contribution in [-0.4, -0.2) is 42.9 Å². The lowest BCUT2D eigenvalue weighted by Gasteiger charge is -2.46. The van der Waals surface area contributed by atoms with Gasteiger partial charge in [0, 0.05) is 5.92 Å². The molecule has 4 nitrogen and oxygen atoms in total. The lowest BCUT2D eigenvalue weighted by atomic mass is 9.86. The molecule has 2 fully saturated rings. The van der Waals surface area contributed by atoms with Crippen molar-refractivity contribution >= 4 is 6.09 Å². The van der Waals surface area contributed by atoms with Crippen LogP contribution in [0.15, 0.2) is 0 Å². The van der Waals surface area contributed by atoms with Gasteiger partial charge in [0.1, 0.15) is 0 Å². The summed E-state index contributed by atoms with van der Waals surface area (Å²) in [5, 5.41) is 0. The van der Waals surface area contributed by atoms with Crippen molar-refractivity contribution in [3.63, 3.8) is 0 Å². The zero-order valence-corrected chi connectivity index (χ0v) is 9.52. The van der Waals surface area contributed by atoms with E-state index in [-0.39, 0.29) is 24.1 Å². The number of amides is 1. The summed E-state index contributed by atoms with van der Waals surface area (Å²) < 4.78 is 10.5. The Hall–Kier alpha value is -1.21. The Morgan fingerprint density at radius 1 is 1.50 bits per heavy atom. The molecule has 0 radical (unpaired) electrons. The molecule has 2 atom stereocenters. The number of morpholine rings is 1. The van der Waals surface area contributed by atoms with Gasteiger partial charge in [0.05, 0.1) is 31.9 Å². The van der Waals surface area contributed by atoms with Crippen molar-refractivity contribution in [3.8, 4) is 12.3 Å². The van der Waals surface area contributed by atoms with Crippen LogP contribution >= 0.6 is 0 Å². The average molecular weight is 223 g/mol. The van der Waals surface area contributed by atoms with E-state index in [1.165, 1.54) is 0 Å². The molecule has 2 unspecified atom stereocenters. The van der Waals surface area contributed by atoms with Crippen molar-refractivity contribution < 1.29 is 14.3 Å². The zero-order valence-electron chi connectivity index (χ0n) is 9.52. The molecule has 2 aliphatic heterocycles. The molecular formula is C12H17NO3. The lowest BCUT2D eigenvalue weighted by Crippen LogP contribution is -2.59. The van der Waals surface area contributed by atoms with Crippen LogP contribution in [0.2, 0.25) is 0 Å². The van der Waals surface area contributed by atoms with E-state index in [2.05, 4.69) is 5.92 Å². The van der Waals surface area contributed by atoms with Gasteiger partial charge < -0.3 is 9.47 Å². The number of carbonyl (C=O) groups excluding carboxylic acids is 1. The fraction of sp³-hybridized carbons (Fsp3) is 0.750. The van der Waals surface area contributed by atoms with Crippen LogP contribution < -0.4 is 0 Å². The van der Waals surface area contributed by atoms with Crippen molar-refractivity contribution in [3.05, 3.63) is 0 Å². The highest BCUT2D eigenvalue weighted by Gasteiger charge is 2.41. The molecule has 0 saturated carbocycles. The van der Waals surface area contributed by atoms with Crippen LogP contribution in [0.4, 0.5) is 4.79 Å². The van der Waals surface area contributed by atoms with Gasteiger partial charge in [-0.05, 0) is 19.8 Å². The maximum Gasteiger partial charge on any atom is 0.410 e. The number of ether oxygens (including phenoxy) is 2. The van der Waals surface area contributed by atoms with E-state index < -0.39 is 0 Å². The summed E-state index contributed by atoms with van der Waals surface area (Å²) in [6, 6.07) is 0.181. The van der Waals surface area contributed by atoms with Gasteiger partial charge in [-0.1, -0.05) is 0 Å². The molecule has 0 aliphatic carbocycles. The van der Waals surface area contributed by atoms with Gasteiger partial charge in [0.2, 0.25) is 0 Å². The summed E-state index contributed by atoms with van der Waals surface area (Å²) >= 11 is 0. The third-order valence-corrected chi connectivity index (χ3v) is 3.23. The van der Waals surface area contributed by atoms with Crippen molar-refractivity contribution in [2.75, 3.05) is 19.8 Å². The summed E-state index contributed by atoms with van der Waals surface area (Å²) in [6.07, 6.45) is 6.89. The van der Waals surface area contributed by atoms with Crippen molar-refractivity contribution in [1.82, 2.24) is 4.90 Å². The lowest BCUT2D eigenvalue weighted by molar-refractivity contribution is -0.0720. The average Bonchev–Trinajstić information content (AvgIpc) is 2.27. The molecule has 0 spiro atoms. The minimum atomic E-state index is -0.226. The molecule has 0 N–H and O–H groups in total. The Kier molecular flexibility index (Phi) is 3.35. The van der Waals surface area contributed by atoms with E-state index >= 15 is 0 Å². The van der Waals surface area contributed by atoms with Crippen molar-refractivity contribution in [1.29, 1.82) is 0 Å². The minimum absolute atomic E-state index is 0.0904. The van der Waals surface area contributed by atoms with Crippen LogP contribution in [0.5, 0.6) is 0 Å². The minimum Gasteiger partial charge on any atom is -0.450 e. The van der Waals surface area contributed by atoms with E-state index in [4.69, 9.17) is 15.9 Å². The Bertz CT molecular complexity index is 296. The van der Waals surface area contributed by atoms with Crippen LogP contribution in [0, 0.1) is 18.3 Å². The second-order valence-electron chi connectivity index (χ2n) is 4.29. The van der Waals surface area contributed by atoms with Gasteiger partial charge >= 0.3 is 6.09 Å². The maximum absolute atomic E-state index is 11.8. The maximum atomic E-state index is 11.8. The molecule has 2 heterocycles. The third kappa shape index (κ3) is 2.00. The smallest absolute Gasteiger partial charge is 0.410 e. The quantitative estimate of drug-likeness (QED) is 0.628. The van der Waals surface area contributed by atoms with E-state index in [1.54, 1.807) is 0 Å². The van der Waals surface area contributed by atoms with Crippen molar-refractivity contribution in [2.24, 2.45) is 5.92 Å². The van der Waals surface area contributed by atoms with E-state index in [0.29, 0.717) is 19.8 Å². The fourth-order valence-corrected chi connectivity index (χ4v) is 2.55. The Balaban J connectivity index is 2.09. The van der Waals surface area contributed by atoms with Crippen LogP contribution in [0.25, 0.3) is 0 Å². The number of carbonyl (C=O) groups is 1. The molecule has 2 rings (SSSR count). The molecule has 0 aromatic heterocycles. The molecular weight excluding hydrogens is 206 g/mol. The summed E-state index contributed by atoms with van der Waals surface area (Å²) in [6.45, 7) is 3.38. The number of terminal acetylenes is 1. The first-order chi connectivity index (χ1) is 7.76. The first-order valence-electron chi connectivity index (χ1n) is 5.75. The van der Waals surface area contributed by atoms with Gasteiger partial charge in [-0.15, -0.1) is 12.3 Å². The standard InChI is InChI=1S/C12H17NO3/c1-3-9-5-10-7-15-8-11(6-9)13(10)12(14)16-4-2/h1,9-11H,4-8H2,2H3. The number of hydrogen-bond donors (Lipinski definition) is 0. The molecule has 4 heteroatoms. The molecule has 88 valence electrons. The largest absolute Gasteiger partial charge is 0.450 e. The monoisotopic (exact) mass is 223 g/mol. The topological polar surface area (TPSA) is 38.8 Å². The second kappa shape index (κ2) is 4.75. The molecule has 2 bridgehead atoms. The highest BCUT2D eigenvalue weighted by Crippen LogP contribution is 2.31. The van der Waals surface area contributed by atoms with Crippen LogP contribution in [0.3, 0.4) is 0 Å². The first-order valence-corrected chi connectivity index (χ1v) is 5.75. The number of fused-ring (bicyclic) bond motifs is 2. The molecule has 0 aromatic carbocycles.